The highest BCUT2D eigenvalue weighted by Crippen LogP contribution is 2.32. The zero-order valence-corrected chi connectivity index (χ0v) is 15.0. The van der Waals surface area contributed by atoms with Crippen LogP contribution >= 0.6 is 0 Å². The van der Waals surface area contributed by atoms with Crippen molar-refractivity contribution in [2.45, 2.75) is 6.54 Å². The van der Waals surface area contributed by atoms with Crippen molar-refractivity contribution in [3.63, 3.8) is 0 Å². The van der Waals surface area contributed by atoms with Crippen molar-refractivity contribution in [1.82, 2.24) is 0 Å². The number of fused-ring (bicyclic) bond motifs is 1. The highest BCUT2D eigenvalue weighted by atomic mass is 16.5. The fourth-order valence-corrected chi connectivity index (χ4v) is 3.05. The maximum atomic E-state index is 12.4. The van der Waals surface area contributed by atoms with Crippen LogP contribution < -0.4 is 15.0 Å². The molecule has 6 nitrogen and oxygen atoms in total. The number of anilines is 2. The summed E-state index contributed by atoms with van der Waals surface area (Å²) in [6, 6.07) is 21.0. The molecule has 4 rings (SSSR count). The van der Waals surface area contributed by atoms with Crippen molar-refractivity contribution >= 4 is 23.2 Å². The molecule has 0 saturated carbocycles. The van der Waals surface area contributed by atoms with Crippen LogP contribution in [0.4, 0.5) is 11.4 Å². The van der Waals surface area contributed by atoms with Crippen molar-refractivity contribution in [2.24, 2.45) is 0 Å². The third kappa shape index (κ3) is 3.53. The Bertz CT molecular complexity index is 1030. The highest BCUT2D eigenvalue weighted by Gasteiger charge is 2.25. The molecule has 0 aromatic heterocycles. The minimum Gasteiger partial charge on any atom is -0.506 e. The second-order valence-electron chi connectivity index (χ2n) is 6.40. The zero-order chi connectivity index (χ0) is 19.5. The molecular weight excluding hydrogens is 356 g/mol. The lowest BCUT2D eigenvalue weighted by atomic mass is 10.1. The molecule has 1 aliphatic heterocycles. The van der Waals surface area contributed by atoms with Crippen LogP contribution in [0.1, 0.15) is 15.9 Å². The second kappa shape index (κ2) is 7.44. The Balaban J connectivity index is 1.49. The van der Waals surface area contributed by atoms with Gasteiger partial charge in [0.15, 0.2) is 6.61 Å². The zero-order valence-electron chi connectivity index (χ0n) is 15.0. The predicted molar refractivity (Wildman–Crippen MR) is 106 cm³/mol. The van der Waals surface area contributed by atoms with E-state index in [0.717, 1.165) is 11.3 Å². The molecule has 0 unspecified atom stereocenters. The average Bonchev–Trinajstić information content (AvgIpc) is 2.72. The lowest BCUT2D eigenvalue weighted by molar-refractivity contribution is -0.121. The smallest absolute Gasteiger partial charge is 0.265 e. The summed E-state index contributed by atoms with van der Waals surface area (Å²) in [5, 5.41) is 12.5. The number of nitrogens with one attached hydrogen (secondary N) is 1. The number of amides is 2. The number of aromatic hydroxyl groups is 1. The number of phenols is 1. The minimum atomic E-state index is -0.319. The molecule has 2 N–H and O–H groups in total. The number of rotatable bonds is 4. The SMILES string of the molecule is O=C(Nc1ccccc1O)c1ccc(CN2C(=O)COc3ccccc32)cc1. The van der Waals surface area contributed by atoms with Crippen molar-refractivity contribution < 1.29 is 19.4 Å². The Kier molecular flexibility index (Phi) is 4.68. The van der Waals surface area contributed by atoms with Crippen LogP contribution in [0.15, 0.2) is 72.8 Å². The van der Waals surface area contributed by atoms with E-state index < -0.39 is 0 Å². The van der Waals surface area contributed by atoms with E-state index in [1.807, 2.05) is 36.4 Å². The Morgan fingerprint density at radius 3 is 2.50 bits per heavy atom. The summed E-state index contributed by atoms with van der Waals surface area (Å²) < 4.78 is 5.46. The van der Waals surface area contributed by atoms with Crippen LogP contribution in [0.5, 0.6) is 11.5 Å². The first-order valence-electron chi connectivity index (χ1n) is 8.82. The number of benzene rings is 3. The second-order valence-corrected chi connectivity index (χ2v) is 6.40. The molecule has 6 heteroatoms. The fraction of sp³-hybridized carbons (Fsp3) is 0.0909. The molecule has 0 bridgehead atoms. The Morgan fingerprint density at radius 1 is 1.00 bits per heavy atom. The van der Waals surface area contributed by atoms with Crippen LogP contribution in [0.3, 0.4) is 0 Å². The first-order valence-corrected chi connectivity index (χ1v) is 8.82. The number of ether oxygens (including phenoxy) is 1. The molecule has 2 amide bonds. The van der Waals surface area contributed by atoms with Crippen molar-refractivity contribution in [1.29, 1.82) is 0 Å². The van der Waals surface area contributed by atoms with E-state index in [2.05, 4.69) is 5.32 Å². The molecule has 140 valence electrons. The van der Waals surface area contributed by atoms with Gasteiger partial charge < -0.3 is 20.1 Å². The Hall–Kier alpha value is -3.80. The number of para-hydroxylation sites is 4. The molecule has 28 heavy (non-hydrogen) atoms. The van der Waals surface area contributed by atoms with Gasteiger partial charge in [-0.1, -0.05) is 36.4 Å². The van der Waals surface area contributed by atoms with Crippen molar-refractivity contribution in [3.05, 3.63) is 83.9 Å². The summed E-state index contributed by atoms with van der Waals surface area (Å²) in [7, 11) is 0. The van der Waals surface area contributed by atoms with Crippen molar-refractivity contribution in [3.8, 4) is 11.5 Å². The van der Waals surface area contributed by atoms with Crippen LogP contribution in [0, 0.1) is 0 Å². The summed E-state index contributed by atoms with van der Waals surface area (Å²) in [6.07, 6.45) is 0. The largest absolute Gasteiger partial charge is 0.506 e. The number of carbonyl (C=O) groups excluding carboxylic acids is 2. The minimum absolute atomic E-state index is 0.0111. The van der Waals surface area contributed by atoms with E-state index in [1.165, 1.54) is 6.07 Å². The van der Waals surface area contributed by atoms with E-state index in [1.54, 1.807) is 35.2 Å². The van der Waals surface area contributed by atoms with Crippen LogP contribution in [-0.4, -0.2) is 23.5 Å². The Labute approximate surface area is 162 Å². The fourth-order valence-electron chi connectivity index (χ4n) is 3.05. The third-order valence-electron chi connectivity index (χ3n) is 4.52. The quantitative estimate of drug-likeness (QED) is 0.685. The predicted octanol–water partition coefficient (Wildman–Crippen LogP) is 3.57. The summed E-state index contributed by atoms with van der Waals surface area (Å²) in [5.74, 6) is 0.263. The van der Waals surface area contributed by atoms with E-state index in [-0.39, 0.29) is 24.2 Å². The van der Waals surface area contributed by atoms with E-state index >= 15 is 0 Å². The summed E-state index contributed by atoms with van der Waals surface area (Å²) in [6.45, 7) is 0.401. The van der Waals surface area contributed by atoms with Gasteiger partial charge in [-0.05, 0) is 42.0 Å². The van der Waals surface area contributed by atoms with Crippen molar-refractivity contribution in [2.75, 3.05) is 16.8 Å². The molecule has 3 aromatic carbocycles. The molecule has 0 radical (unpaired) electrons. The summed E-state index contributed by atoms with van der Waals surface area (Å²) in [5.41, 5.74) is 2.44. The van der Waals surface area contributed by atoms with Crippen LogP contribution in [0.25, 0.3) is 0 Å². The third-order valence-corrected chi connectivity index (χ3v) is 4.52. The van der Waals surface area contributed by atoms with Gasteiger partial charge in [0.1, 0.15) is 11.5 Å². The summed E-state index contributed by atoms with van der Waals surface area (Å²) in [4.78, 5) is 26.3. The standard InChI is InChI=1S/C22H18N2O4/c25-19-7-3-1-5-17(19)23-22(27)16-11-9-15(10-12-16)13-24-18-6-2-4-8-20(18)28-14-21(24)26/h1-12,25H,13-14H2,(H,23,27). The number of nitrogens with zero attached hydrogens (tertiary/aromatic N) is 1. The maximum absolute atomic E-state index is 12.4. The molecule has 0 atom stereocenters. The number of carbonyl (C=O) groups is 2. The van der Waals surface area contributed by atoms with Gasteiger partial charge in [0.2, 0.25) is 0 Å². The first-order chi connectivity index (χ1) is 13.6. The van der Waals surface area contributed by atoms with Gasteiger partial charge in [-0.15, -0.1) is 0 Å². The van der Waals surface area contributed by atoms with Gasteiger partial charge >= 0.3 is 0 Å². The molecular formula is C22H18N2O4. The van der Waals surface area contributed by atoms with Crippen LogP contribution in [0.2, 0.25) is 0 Å². The molecule has 0 fully saturated rings. The van der Waals surface area contributed by atoms with Gasteiger partial charge in [0, 0.05) is 5.56 Å². The molecule has 0 saturated heterocycles. The first kappa shape index (κ1) is 17.6. The summed E-state index contributed by atoms with van der Waals surface area (Å²) >= 11 is 0. The topological polar surface area (TPSA) is 78.9 Å². The lowest BCUT2D eigenvalue weighted by Gasteiger charge is -2.29. The van der Waals surface area contributed by atoms with Gasteiger partial charge in [0.25, 0.3) is 11.8 Å². The highest BCUT2D eigenvalue weighted by molar-refractivity contribution is 6.05. The average molecular weight is 374 g/mol. The van der Waals surface area contributed by atoms with E-state index in [9.17, 15) is 14.7 Å². The number of hydrogen-bond acceptors (Lipinski definition) is 4. The van der Waals surface area contributed by atoms with Gasteiger partial charge in [-0.3, -0.25) is 9.59 Å². The van der Waals surface area contributed by atoms with E-state index in [4.69, 9.17) is 4.74 Å². The number of hydrogen-bond donors (Lipinski definition) is 2. The maximum Gasteiger partial charge on any atom is 0.265 e. The van der Waals surface area contributed by atoms with E-state index in [0.29, 0.717) is 23.5 Å². The normalized spacial score (nSPS) is 12.9. The molecule has 0 aliphatic carbocycles. The van der Waals surface area contributed by atoms with Gasteiger partial charge in [-0.2, -0.15) is 0 Å². The Morgan fingerprint density at radius 2 is 1.71 bits per heavy atom. The molecule has 1 aliphatic rings. The van der Waals surface area contributed by atoms with Crippen LogP contribution in [-0.2, 0) is 11.3 Å². The monoisotopic (exact) mass is 374 g/mol. The number of phenolic OH excluding ortho intramolecular Hbond substituents is 1. The van der Waals surface area contributed by atoms with Gasteiger partial charge in [-0.25, -0.2) is 0 Å². The van der Waals surface area contributed by atoms with Gasteiger partial charge in [0.05, 0.1) is 17.9 Å². The molecule has 3 aromatic rings. The molecule has 0 spiro atoms. The lowest BCUT2D eigenvalue weighted by Crippen LogP contribution is -2.38. The molecule has 1 heterocycles.